The largest absolute Gasteiger partial charge is 0.493 e. The van der Waals surface area contributed by atoms with Crippen molar-refractivity contribution in [1.29, 1.82) is 0 Å². The molecule has 5 rings (SSSR count). The van der Waals surface area contributed by atoms with Crippen LogP contribution in [0.15, 0.2) is 71.3 Å². The van der Waals surface area contributed by atoms with Crippen molar-refractivity contribution in [3.8, 4) is 5.75 Å². The second kappa shape index (κ2) is 6.84. The van der Waals surface area contributed by atoms with Gasteiger partial charge in [-0.3, -0.25) is 4.90 Å². The highest BCUT2D eigenvalue weighted by Gasteiger charge is 2.29. The normalized spacial score (nSPS) is 17.0. The standard InChI is InChI=1S/C23H21FN2O2/c1-27-21-6-2-4-17-14-19(28-23(17)21)15-26-13-12-25-11-3-5-20(25)22(26)16-7-9-18(24)10-8-16/h2-11,14,22H,12-13,15H2,1H3. The zero-order valence-corrected chi connectivity index (χ0v) is 15.6. The van der Waals surface area contributed by atoms with Crippen LogP contribution in [-0.2, 0) is 13.1 Å². The summed E-state index contributed by atoms with van der Waals surface area (Å²) in [6, 6.07) is 19.1. The van der Waals surface area contributed by atoms with E-state index in [-0.39, 0.29) is 11.9 Å². The van der Waals surface area contributed by atoms with Crippen molar-refractivity contribution >= 4 is 11.0 Å². The Morgan fingerprint density at radius 3 is 2.75 bits per heavy atom. The number of ether oxygens (including phenoxy) is 1. The van der Waals surface area contributed by atoms with E-state index in [0.29, 0.717) is 6.54 Å². The van der Waals surface area contributed by atoms with Crippen LogP contribution < -0.4 is 4.74 Å². The number of furan rings is 1. The maximum atomic E-state index is 13.5. The summed E-state index contributed by atoms with van der Waals surface area (Å²) in [5.74, 6) is 1.42. The van der Waals surface area contributed by atoms with Crippen molar-refractivity contribution in [1.82, 2.24) is 9.47 Å². The first-order valence-corrected chi connectivity index (χ1v) is 9.43. The predicted molar refractivity (Wildman–Crippen MR) is 106 cm³/mol. The topological polar surface area (TPSA) is 30.5 Å². The molecule has 0 bridgehead atoms. The summed E-state index contributed by atoms with van der Waals surface area (Å²) in [6.45, 7) is 2.48. The molecule has 1 unspecified atom stereocenters. The lowest BCUT2D eigenvalue weighted by molar-refractivity contribution is 0.163. The Kier molecular flexibility index (Phi) is 4.17. The molecule has 4 aromatic rings. The van der Waals surface area contributed by atoms with E-state index in [0.717, 1.165) is 41.1 Å². The van der Waals surface area contributed by atoms with Gasteiger partial charge in [0.1, 0.15) is 11.6 Å². The van der Waals surface area contributed by atoms with Crippen LogP contribution in [0.1, 0.15) is 23.1 Å². The molecular weight excluding hydrogens is 355 g/mol. The molecule has 1 aliphatic heterocycles. The molecule has 0 N–H and O–H groups in total. The SMILES string of the molecule is COc1cccc2cc(CN3CCn4cccc4C3c3ccc(F)cc3)oc12. The molecule has 28 heavy (non-hydrogen) atoms. The van der Waals surface area contributed by atoms with Gasteiger partial charge in [0.25, 0.3) is 0 Å². The highest BCUT2D eigenvalue weighted by molar-refractivity contribution is 5.83. The molecule has 2 aromatic heterocycles. The van der Waals surface area contributed by atoms with Crippen molar-refractivity contribution in [3.63, 3.8) is 0 Å². The molecule has 0 saturated heterocycles. The number of methoxy groups -OCH3 is 1. The third-order valence-electron chi connectivity index (χ3n) is 5.46. The summed E-state index contributed by atoms with van der Waals surface area (Å²) in [5.41, 5.74) is 3.07. The summed E-state index contributed by atoms with van der Waals surface area (Å²) in [6.07, 6.45) is 2.11. The number of para-hydroxylation sites is 1. The highest BCUT2D eigenvalue weighted by atomic mass is 19.1. The smallest absolute Gasteiger partial charge is 0.176 e. The third-order valence-corrected chi connectivity index (χ3v) is 5.46. The molecule has 0 amide bonds. The number of benzene rings is 2. The molecule has 3 heterocycles. The van der Waals surface area contributed by atoms with Crippen LogP contribution in [-0.4, -0.2) is 23.1 Å². The first-order chi connectivity index (χ1) is 13.7. The van der Waals surface area contributed by atoms with Gasteiger partial charge in [-0.2, -0.15) is 0 Å². The third kappa shape index (κ3) is 2.88. The Bertz CT molecular complexity index is 1110. The van der Waals surface area contributed by atoms with Crippen molar-refractivity contribution in [2.24, 2.45) is 0 Å². The molecule has 0 saturated carbocycles. The van der Waals surface area contributed by atoms with Crippen LogP contribution in [0.4, 0.5) is 4.39 Å². The molecule has 0 fully saturated rings. The summed E-state index contributed by atoms with van der Waals surface area (Å²) < 4.78 is 27.3. The lowest BCUT2D eigenvalue weighted by Crippen LogP contribution is -2.37. The van der Waals surface area contributed by atoms with Gasteiger partial charge >= 0.3 is 0 Å². The predicted octanol–water partition coefficient (Wildman–Crippen LogP) is 4.99. The maximum Gasteiger partial charge on any atom is 0.176 e. The summed E-state index contributed by atoms with van der Waals surface area (Å²) in [5, 5.41) is 1.04. The number of hydrogen-bond acceptors (Lipinski definition) is 3. The Morgan fingerprint density at radius 2 is 1.93 bits per heavy atom. The number of aromatic nitrogens is 1. The first-order valence-electron chi connectivity index (χ1n) is 9.43. The van der Waals surface area contributed by atoms with Gasteiger partial charge in [-0.1, -0.05) is 24.3 Å². The van der Waals surface area contributed by atoms with Gasteiger partial charge in [0, 0.05) is 30.4 Å². The zero-order chi connectivity index (χ0) is 19.1. The molecule has 4 nitrogen and oxygen atoms in total. The van der Waals surface area contributed by atoms with Gasteiger partial charge in [0.15, 0.2) is 11.3 Å². The molecule has 142 valence electrons. The van der Waals surface area contributed by atoms with Gasteiger partial charge in [-0.25, -0.2) is 4.39 Å². The van der Waals surface area contributed by atoms with Crippen LogP contribution in [0, 0.1) is 5.82 Å². The Labute approximate surface area is 162 Å². The molecule has 2 aromatic carbocycles. The minimum absolute atomic E-state index is 0.0551. The van der Waals surface area contributed by atoms with E-state index in [9.17, 15) is 4.39 Å². The molecule has 1 aliphatic rings. The van der Waals surface area contributed by atoms with E-state index >= 15 is 0 Å². The van der Waals surface area contributed by atoms with Crippen LogP contribution >= 0.6 is 0 Å². The van der Waals surface area contributed by atoms with Crippen molar-refractivity contribution in [2.75, 3.05) is 13.7 Å². The molecular formula is C23H21FN2O2. The number of rotatable bonds is 4. The first kappa shape index (κ1) is 17.1. The average Bonchev–Trinajstić information content (AvgIpc) is 3.34. The van der Waals surface area contributed by atoms with Crippen molar-refractivity contribution in [3.05, 3.63) is 89.7 Å². The lowest BCUT2D eigenvalue weighted by Gasteiger charge is -2.36. The van der Waals surface area contributed by atoms with Crippen molar-refractivity contribution in [2.45, 2.75) is 19.1 Å². The van der Waals surface area contributed by atoms with Gasteiger partial charge in [0.05, 0.1) is 19.7 Å². The van der Waals surface area contributed by atoms with Crippen LogP contribution in [0.5, 0.6) is 5.75 Å². The van der Waals surface area contributed by atoms with Gasteiger partial charge in [-0.15, -0.1) is 0 Å². The second-order valence-electron chi connectivity index (χ2n) is 7.14. The number of nitrogens with zero attached hydrogens (tertiary/aromatic N) is 2. The highest BCUT2D eigenvalue weighted by Crippen LogP contribution is 2.35. The fourth-order valence-electron chi connectivity index (χ4n) is 4.16. The van der Waals surface area contributed by atoms with E-state index in [4.69, 9.17) is 9.15 Å². The van der Waals surface area contributed by atoms with E-state index in [1.165, 1.54) is 17.8 Å². The van der Waals surface area contributed by atoms with E-state index in [1.807, 2.05) is 30.3 Å². The molecule has 0 aliphatic carbocycles. The van der Waals surface area contributed by atoms with Crippen molar-refractivity contribution < 1.29 is 13.5 Å². The summed E-state index contributed by atoms with van der Waals surface area (Å²) in [4.78, 5) is 2.38. The van der Waals surface area contributed by atoms with Gasteiger partial charge < -0.3 is 13.7 Å². The Balaban J connectivity index is 1.52. The minimum Gasteiger partial charge on any atom is -0.493 e. The second-order valence-corrected chi connectivity index (χ2v) is 7.14. The fourth-order valence-corrected chi connectivity index (χ4v) is 4.16. The number of fused-ring (bicyclic) bond motifs is 2. The van der Waals surface area contributed by atoms with Crippen LogP contribution in [0.2, 0.25) is 0 Å². The van der Waals surface area contributed by atoms with Crippen LogP contribution in [0.25, 0.3) is 11.0 Å². The Morgan fingerprint density at radius 1 is 1.07 bits per heavy atom. The Hall–Kier alpha value is -3.05. The van der Waals surface area contributed by atoms with E-state index in [2.05, 4.69) is 33.9 Å². The summed E-state index contributed by atoms with van der Waals surface area (Å²) >= 11 is 0. The van der Waals surface area contributed by atoms with E-state index in [1.54, 1.807) is 7.11 Å². The van der Waals surface area contributed by atoms with E-state index < -0.39 is 0 Å². The average molecular weight is 376 g/mol. The van der Waals surface area contributed by atoms with Gasteiger partial charge in [0.2, 0.25) is 0 Å². The lowest BCUT2D eigenvalue weighted by atomic mass is 9.99. The molecule has 1 atom stereocenters. The molecule has 0 radical (unpaired) electrons. The maximum absolute atomic E-state index is 13.5. The molecule has 5 heteroatoms. The summed E-state index contributed by atoms with van der Waals surface area (Å²) in [7, 11) is 1.65. The monoisotopic (exact) mass is 376 g/mol. The minimum atomic E-state index is -0.217. The van der Waals surface area contributed by atoms with Crippen LogP contribution in [0.3, 0.4) is 0 Å². The molecule has 0 spiro atoms. The quantitative estimate of drug-likeness (QED) is 0.503. The zero-order valence-electron chi connectivity index (χ0n) is 15.6. The number of halogens is 1. The fraction of sp³-hybridized carbons (Fsp3) is 0.217. The van der Waals surface area contributed by atoms with Gasteiger partial charge in [-0.05, 0) is 42.0 Å². The number of hydrogen-bond donors (Lipinski definition) is 0.